The van der Waals surface area contributed by atoms with Gasteiger partial charge in [0.25, 0.3) is 0 Å². The highest BCUT2D eigenvalue weighted by Crippen LogP contribution is 2.11. The van der Waals surface area contributed by atoms with Gasteiger partial charge < -0.3 is 0 Å². The van der Waals surface area contributed by atoms with Crippen LogP contribution in [-0.2, 0) is 0 Å². The van der Waals surface area contributed by atoms with Gasteiger partial charge in [-0.1, -0.05) is 52.3 Å². The van der Waals surface area contributed by atoms with Crippen LogP contribution in [0.1, 0.15) is 0 Å². The minimum absolute atomic E-state index is 0. The summed E-state index contributed by atoms with van der Waals surface area (Å²) in [4.78, 5) is 8.74. The third-order valence-electron chi connectivity index (χ3n) is 2.24. The van der Waals surface area contributed by atoms with Gasteiger partial charge in [-0.2, -0.15) is 0 Å². The second-order valence-corrected chi connectivity index (χ2v) is 4.73. The number of halogens is 3. The van der Waals surface area contributed by atoms with Crippen LogP contribution >= 0.6 is 49.9 Å². The van der Waals surface area contributed by atoms with Gasteiger partial charge in [-0.15, -0.1) is 34.0 Å². The third kappa shape index (κ3) is 7.12. The van der Waals surface area contributed by atoms with E-state index < -0.39 is 0 Å². The number of rotatable bonds is 4. The fourth-order valence-electron chi connectivity index (χ4n) is 1.38. The lowest BCUT2D eigenvalue weighted by molar-refractivity contribution is 1.49. The maximum Gasteiger partial charge on any atom is 0.0850 e. The van der Waals surface area contributed by atoms with E-state index in [2.05, 4.69) is 25.9 Å². The summed E-state index contributed by atoms with van der Waals surface area (Å²) in [5, 5.41) is 0. The quantitative estimate of drug-likeness (QED) is 0.410. The average Bonchev–Trinajstić information content (AvgIpc) is 2.45. The van der Waals surface area contributed by atoms with Crippen LogP contribution in [0.5, 0.6) is 0 Å². The Kier molecular flexibility index (Phi) is 10.5. The highest BCUT2D eigenvalue weighted by molar-refractivity contribution is 9.10. The number of hydrogen-bond donors (Lipinski definition) is 0. The molecule has 0 saturated carbocycles. The Labute approximate surface area is 148 Å². The lowest BCUT2D eigenvalue weighted by atomic mass is 10.3. The molecular formula is C15H15Br3N2. The van der Waals surface area contributed by atoms with Gasteiger partial charge in [-0.25, -0.2) is 0 Å². The van der Waals surface area contributed by atoms with Crippen molar-refractivity contribution in [3.63, 3.8) is 0 Å². The van der Waals surface area contributed by atoms with Gasteiger partial charge in [0.1, 0.15) is 0 Å². The minimum atomic E-state index is 0. The fourth-order valence-corrected chi connectivity index (χ4v) is 1.62. The van der Waals surface area contributed by atoms with Crippen molar-refractivity contribution >= 4 is 73.7 Å². The molecule has 20 heavy (non-hydrogen) atoms. The molecule has 0 aliphatic heterocycles. The monoisotopic (exact) mass is 460 g/mol. The summed E-state index contributed by atoms with van der Waals surface area (Å²) >= 11 is 3.49. The number of hydrogen-bond acceptors (Lipinski definition) is 2. The molecular weight excluding hydrogens is 448 g/mol. The summed E-state index contributed by atoms with van der Waals surface area (Å²) in [5.74, 6) is 0. The van der Waals surface area contributed by atoms with Crippen LogP contribution in [-0.4, -0.2) is 17.3 Å². The first-order chi connectivity index (χ1) is 8.84. The number of aliphatic imine (C=N–C) groups is 2. The van der Waals surface area contributed by atoms with Crippen molar-refractivity contribution in [1.29, 1.82) is 0 Å². The summed E-state index contributed by atoms with van der Waals surface area (Å²) in [6.07, 6.45) is 3.64. The molecule has 2 nitrogen and oxygen atoms in total. The summed E-state index contributed by atoms with van der Waals surface area (Å²) in [7, 11) is 0. The second-order valence-electron chi connectivity index (χ2n) is 3.67. The molecule has 0 aromatic heterocycles. The zero-order chi connectivity index (χ0) is 12.6. The first kappa shape index (κ1) is 19.2. The predicted octanol–water partition coefficient (Wildman–Crippen LogP) is 5.71. The molecule has 106 valence electrons. The summed E-state index contributed by atoms with van der Waals surface area (Å²) in [6.45, 7) is 0. The predicted molar refractivity (Wildman–Crippen MR) is 103 cm³/mol. The van der Waals surface area contributed by atoms with Crippen molar-refractivity contribution in [2.45, 2.75) is 4.83 Å². The molecule has 0 fully saturated rings. The number of nitrogens with zero attached hydrogens (tertiary/aromatic N) is 2. The minimum Gasteiger partial charge on any atom is -0.260 e. The Hall–Kier alpha value is -0.780. The Morgan fingerprint density at radius 3 is 1.40 bits per heavy atom. The summed E-state index contributed by atoms with van der Waals surface area (Å²) in [6, 6.07) is 19.7. The standard InChI is InChI=1S/C15H13BrN2.2BrH/c16-13(11-17-14-7-3-1-4-8-14)12-18-15-9-5-2-6-10-15;;/h1-13H;2*1H. The van der Waals surface area contributed by atoms with E-state index >= 15 is 0 Å². The molecule has 0 amide bonds. The topological polar surface area (TPSA) is 24.7 Å². The Bertz CT molecular complexity index is 478. The maximum atomic E-state index is 4.36. The molecule has 2 rings (SSSR count). The van der Waals surface area contributed by atoms with Gasteiger partial charge >= 0.3 is 0 Å². The molecule has 0 aliphatic rings. The van der Waals surface area contributed by atoms with Crippen molar-refractivity contribution in [1.82, 2.24) is 0 Å². The average molecular weight is 463 g/mol. The van der Waals surface area contributed by atoms with Crippen molar-refractivity contribution in [3.05, 3.63) is 60.7 Å². The number of benzene rings is 2. The lowest BCUT2D eigenvalue weighted by Gasteiger charge is -1.96. The van der Waals surface area contributed by atoms with Gasteiger partial charge in [-0.3, -0.25) is 9.98 Å². The van der Waals surface area contributed by atoms with Gasteiger partial charge in [0.2, 0.25) is 0 Å². The lowest BCUT2D eigenvalue weighted by Crippen LogP contribution is -1.99. The van der Waals surface area contributed by atoms with Crippen molar-refractivity contribution in [2.24, 2.45) is 9.98 Å². The Balaban J connectivity index is 0.00000180. The van der Waals surface area contributed by atoms with Crippen molar-refractivity contribution in [2.75, 3.05) is 0 Å². The maximum absolute atomic E-state index is 4.36. The SMILES string of the molecule is Br.Br.BrC(C=Nc1ccccc1)C=Nc1ccccc1. The second kappa shape index (κ2) is 10.9. The van der Waals surface area contributed by atoms with Crippen LogP contribution in [0.2, 0.25) is 0 Å². The molecule has 0 radical (unpaired) electrons. The van der Waals surface area contributed by atoms with E-state index in [1.54, 1.807) is 0 Å². The summed E-state index contributed by atoms with van der Waals surface area (Å²) < 4.78 is 0. The van der Waals surface area contributed by atoms with E-state index in [4.69, 9.17) is 0 Å². The molecule has 0 unspecified atom stereocenters. The van der Waals surface area contributed by atoms with E-state index in [0.717, 1.165) is 11.4 Å². The molecule has 2 aromatic rings. The molecule has 0 saturated heterocycles. The van der Waals surface area contributed by atoms with Crippen LogP contribution in [0, 0.1) is 0 Å². The van der Waals surface area contributed by atoms with Crippen LogP contribution in [0.15, 0.2) is 70.6 Å². The van der Waals surface area contributed by atoms with Gasteiger partial charge in [0, 0.05) is 12.4 Å². The largest absolute Gasteiger partial charge is 0.260 e. The highest BCUT2D eigenvalue weighted by Gasteiger charge is 1.94. The van der Waals surface area contributed by atoms with Crippen LogP contribution in [0.25, 0.3) is 0 Å². The Morgan fingerprint density at radius 1 is 0.700 bits per heavy atom. The van der Waals surface area contributed by atoms with E-state index in [1.807, 2.05) is 73.1 Å². The Morgan fingerprint density at radius 2 is 1.05 bits per heavy atom. The smallest absolute Gasteiger partial charge is 0.0850 e. The first-order valence-electron chi connectivity index (χ1n) is 5.67. The molecule has 0 N–H and O–H groups in total. The molecule has 0 bridgehead atoms. The molecule has 0 aliphatic carbocycles. The number of alkyl halides is 1. The van der Waals surface area contributed by atoms with Gasteiger partial charge in [0.05, 0.1) is 16.2 Å². The van der Waals surface area contributed by atoms with Crippen molar-refractivity contribution in [3.8, 4) is 0 Å². The zero-order valence-corrected chi connectivity index (χ0v) is 15.6. The molecule has 0 spiro atoms. The molecule has 2 aromatic carbocycles. The van der Waals surface area contributed by atoms with Gasteiger partial charge in [0.15, 0.2) is 0 Å². The van der Waals surface area contributed by atoms with E-state index in [-0.39, 0.29) is 38.8 Å². The third-order valence-corrected chi connectivity index (χ3v) is 2.72. The number of para-hydroxylation sites is 2. The normalized spacial score (nSPS) is 11.8. The van der Waals surface area contributed by atoms with E-state index in [0.29, 0.717) is 0 Å². The van der Waals surface area contributed by atoms with Gasteiger partial charge in [-0.05, 0) is 24.3 Å². The fraction of sp³-hybridized carbons (Fsp3) is 0.0667. The van der Waals surface area contributed by atoms with E-state index in [9.17, 15) is 0 Å². The van der Waals surface area contributed by atoms with Crippen molar-refractivity contribution < 1.29 is 0 Å². The first-order valence-corrected chi connectivity index (χ1v) is 6.59. The van der Waals surface area contributed by atoms with Crippen LogP contribution in [0.3, 0.4) is 0 Å². The summed E-state index contributed by atoms with van der Waals surface area (Å²) in [5.41, 5.74) is 1.88. The highest BCUT2D eigenvalue weighted by atomic mass is 79.9. The van der Waals surface area contributed by atoms with E-state index in [1.165, 1.54) is 0 Å². The zero-order valence-electron chi connectivity index (χ0n) is 10.6. The van der Waals surface area contributed by atoms with Crippen LogP contribution in [0.4, 0.5) is 11.4 Å². The molecule has 5 heteroatoms. The van der Waals surface area contributed by atoms with Crippen LogP contribution < -0.4 is 0 Å². The molecule has 0 heterocycles. The molecule has 0 atom stereocenters.